The van der Waals surface area contributed by atoms with Gasteiger partial charge in [0.25, 0.3) is 0 Å². The van der Waals surface area contributed by atoms with Crippen LogP contribution in [-0.4, -0.2) is 29.1 Å². The number of aliphatic carboxylic acids is 1. The second-order valence-corrected chi connectivity index (χ2v) is 6.75. The normalized spacial score (nSPS) is 21.1. The lowest BCUT2D eigenvalue weighted by atomic mass is 9.94. The Balaban J connectivity index is 1.97. The molecule has 1 aromatic rings. The number of carboxylic acids is 1. The molecule has 1 aliphatic rings. The molecule has 2 N–H and O–H groups in total. The third-order valence-corrected chi connectivity index (χ3v) is 4.31. The van der Waals surface area contributed by atoms with E-state index in [0.29, 0.717) is 6.42 Å². The minimum absolute atomic E-state index is 0.0800. The Hall–Kier alpha value is -2.04. The Morgan fingerprint density at radius 3 is 2.71 bits per heavy atom. The smallest absolute Gasteiger partial charge is 0.308 e. The van der Waals surface area contributed by atoms with E-state index in [1.807, 2.05) is 38.1 Å². The van der Waals surface area contributed by atoms with Crippen molar-refractivity contribution >= 4 is 11.9 Å². The number of hydrogen-bond donors (Lipinski definition) is 2. The minimum Gasteiger partial charge on any atom is -0.491 e. The monoisotopic (exact) mass is 333 g/mol. The molecular formula is C19H27NO4. The van der Waals surface area contributed by atoms with E-state index in [9.17, 15) is 14.7 Å². The highest BCUT2D eigenvalue weighted by atomic mass is 16.5. The summed E-state index contributed by atoms with van der Waals surface area (Å²) >= 11 is 0. The predicted octanol–water partition coefficient (Wildman–Crippen LogP) is 3.17. The highest BCUT2D eigenvalue weighted by Crippen LogP contribution is 2.24. The van der Waals surface area contributed by atoms with Crippen LogP contribution in [0.15, 0.2) is 24.3 Å². The third-order valence-electron chi connectivity index (χ3n) is 4.31. The molecule has 0 aliphatic heterocycles. The van der Waals surface area contributed by atoms with Gasteiger partial charge in [0.2, 0.25) is 5.91 Å². The summed E-state index contributed by atoms with van der Waals surface area (Å²) in [5.74, 6) is -0.676. The zero-order valence-electron chi connectivity index (χ0n) is 14.5. The number of carboxylic acid groups (broad SMARTS) is 1. The summed E-state index contributed by atoms with van der Waals surface area (Å²) in [5, 5.41) is 12.3. The topological polar surface area (TPSA) is 75.6 Å². The molecule has 0 unspecified atom stereocenters. The first-order valence-corrected chi connectivity index (χ1v) is 8.73. The summed E-state index contributed by atoms with van der Waals surface area (Å²) in [4.78, 5) is 23.8. The van der Waals surface area contributed by atoms with Crippen molar-refractivity contribution < 1.29 is 19.4 Å². The van der Waals surface area contributed by atoms with Crippen LogP contribution >= 0.6 is 0 Å². The number of carbonyl (C=O) groups excluding carboxylic acids is 1. The van der Waals surface area contributed by atoms with Crippen LogP contribution in [0.2, 0.25) is 0 Å². The lowest BCUT2D eigenvalue weighted by Gasteiger charge is -2.23. The van der Waals surface area contributed by atoms with Gasteiger partial charge in [0, 0.05) is 6.04 Å². The number of benzene rings is 1. The molecule has 0 heterocycles. The van der Waals surface area contributed by atoms with Gasteiger partial charge >= 0.3 is 5.97 Å². The summed E-state index contributed by atoms with van der Waals surface area (Å²) in [6.45, 7) is 3.91. The summed E-state index contributed by atoms with van der Waals surface area (Å²) in [6.07, 6.45) is 4.60. The summed E-state index contributed by atoms with van der Waals surface area (Å²) < 4.78 is 5.64. The average molecular weight is 333 g/mol. The summed E-state index contributed by atoms with van der Waals surface area (Å²) in [7, 11) is 0. The van der Waals surface area contributed by atoms with Crippen molar-refractivity contribution in [1.29, 1.82) is 0 Å². The van der Waals surface area contributed by atoms with Crippen LogP contribution in [-0.2, 0) is 16.0 Å². The Morgan fingerprint density at radius 2 is 2.00 bits per heavy atom. The Kier molecular flexibility index (Phi) is 6.64. The van der Waals surface area contributed by atoms with Crippen LogP contribution in [0.4, 0.5) is 0 Å². The maximum absolute atomic E-state index is 12.3. The van der Waals surface area contributed by atoms with Crippen LogP contribution in [0, 0.1) is 5.92 Å². The molecular weight excluding hydrogens is 306 g/mol. The van der Waals surface area contributed by atoms with E-state index < -0.39 is 11.9 Å². The largest absolute Gasteiger partial charge is 0.491 e. The quantitative estimate of drug-likeness (QED) is 0.784. The van der Waals surface area contributed by atoms with Gasteiger partial charge in [-0.25, -0.2) is 0 Å². The van der Waals surface area contributed by atoms with Gasteiger partial charge in [-0.15, -0.1) is 0 Å². The van der Waals surface area contributed by atoms with Gasteiger partial charge in [-0.05, 0) is 44.4 Å². The van der Waals surface area contributed by atoms with E-state index in [-0.39, 0.29) is 24.5 Å². The number of ether oxygens (including phenoxy) is 1. The fraction of sp³-hybridized carbons (Fsp3) is 0.579. The van der Waals surface area contributed by atoms with E-state index in [1.165, 1.54) is 0 Å². The summed E-state index contributed by atoms with van der Waals surface area (Å²) in [6, 6.07) is 7.21. The number of nitrogens with one attached hydrogen (secondary N) is 1. The molecule has 0 spiro atoms. The Bertz CT molecular complexity index is 570. The molecule has 132 valence electrons. The Labute approximate surface area is 143 Å². The molecule has 1 amide bonds. The molecule has 2 rings (SSSR count). The van der Waals surface area contributed by atoms with Gasteiger partial charge < -0.3 is 15.2 Å². The maximum Gasteiger partial charge on any atom is 0.308 e. The average Bonchev–Trinajstić information content (AvgIpc) is 2.72. The molecule has 0 radical (unpaired) electrons. The van der Waals surface area contributed by atoms with Crippen LogP contribution in [0.25, 0.3) is 0 Å². The van der Waals surface area contributed by atoms with E-state index in [4.69, 9.17) is 4.74 Å². The van der Waals surface area contributed by atoms with Crippen molar-refractivity contribution in [2.75, 3.05) is 0 Å². The molecule has 2 atom stereocenters. The highest BCUT2D eigenvalue weighted by Gasteiger charge is 2.30. The first-order valence-electron chi connectivity index (χ1n) is 8.73. The zero-order chi connectivity index (χ0) is 17.5. The van der Waals surface area contributed by atoms with Crippen molar-refractivity contribution in [3.8, 4) is 5.75 Å². The second-order valence-electron chi connectivity index (χ2n) is 6.75. The van der Waals surface area contributed by atoms with E-state index in [0.717, 1.165) is 37.0 Å². The van der Waals surface area contributed by atoms with Gasteiger partial charge in [-0.3, -0.25) is 9.59 Å². The van der Waals surface area contributed by atoms with Crippen LogP contribution in [0.5, 0.6) is 5.75 Å². The molecule has 24 heavy (non-hydrogen) atoms. The number of hydrogen-bond acceptors (Lipinski definition) is 3. The van der Waals surface area contributed by atoms with Crippen molar-refractivity contribution in [2.24, 2.45) is 5.92 Å². The standard InChI is InChI=1S/C19H27NO4/c1-13(2)24-15-8-6-7-14(11-15)12-18(21)20-17-10-5-3-4-9-16(17)19(22)23/h6-8,11,13,16-17H,3-5,9-10,12H2,1-2H3,(H,20,21)(H,22,23)/t16-,17+/m1/s1. The Morgan fingerprint density at radius 1 is 1.25 bits per heavy atom. The third kappa shape index (κ3) is 5.55. The number of rotatable bonds is 6. The predicted molar refractivity (Wildman–Crippen MR) is 92.1 cm³/mol. The second kappa shape index (κ2) is 8.71. The van der Waals surface area contributed by atoms with E-state index >= 15 is 0 Å². The lowest BCUT2D eigenvalue weighted by Crippen LogP contribution is -2.43. The number of carbonyl (C=O) groups is 2. The van der Waals surface area contributed by atoms with Crippen LogP contribution in [0.1, 0.15) is 51.5 Å². The molecule has 1 aromatic carbocycles. The van der Waals surface area contributed by atoms with Gasteiger partial charge in [0.1, 0.15) is 5.75 Å². The fourth-order valence-electron chi connectivity index (χ4n) is 3.22. The zero-order valence-corrected chi connectivity index (χ0v) is 14.5. The number of amides is 1. The van der Waals surface area contributed by atoms with Gasteiger partial charge in [0.05, 0.1) is 18.4 Å². The lowest BCUT2D eigenvalue weighted by molar-refractivity contribution is -0.143. The molecule has 0 aromatic heterocycles. The first kappa shape index (κ1) is 18.3. The fourth-order valence-corrected chi connectivity index (χ4v) is 3.22. The molecule has 1 saturated carbocycles. The van der Waals surface area contributed by atoms with Crippen LogP contribution < -0.4 is 10.1 Å². The summed E-state index contributed by atoms with van der Waals surface area (Å²) in [5.41, 5.74) is 0.867. The maximum atomic E-state index is 12.3. The molecule has 0 saturated heterocycles. The van der Waals surface area contributed by atoms with Gasteiger partial charge in [-0.1, -0.05) is 31.4 Å². The highest BCUT2D eigenvalue weighted by molar-refractivity contribution is 5.80. The van der Waals surface area contributed by atoms with Gasteiger partial charge in [0.15, 0.2) is 0 Å². The van der Waals surface area contributed by atoms with Gasteiger partial charge in [-0.2, -0.15) is 0 Å². The van der Waals surface area contributed by atoms with Crippen molar-refractivity contribution in [3.63, 3.8) is 0 Å². The minimum atomic E-state index is -0.811. The van der Waals surface area contributed by atoms with Crippen molar-refractivity contribution in [1.82, 2.24) is 5.32 Å². The molecule has 0 bridgehead atoms. The molecule has 5 heteroatoms. The van der Waals surface area contributed by atoms with E-state index in [1.54, 1.807) is 0 Å². The molecule has 5 nitrogen and oxygen atoms in total. The van der Waals surface area contributed by atoms with E-state index in [2.05, 4.69) is 5.32 Å². The molecule has 1 fully saturated rings. The van der Waals surface area contributed by atoms with Crippen molar-refractivity contribution in [2.45, 2.75) is 64.5 Å². The van der Waals surface area contributed by atoms with Crippen molar-refractivity contribution in [3.05, 3.63) is 29.8 Å². The van der Waals surface area contributed by atoms with Crippen LogP contribution in [0.3, 0.4) is 0 Å². The SMILES string of the molecule is CC(C)Oc1cccc(CC(=O)N[C@H]2CCCCC[C@H]2C(=O)O)c1. The molecule has 1 aliphatic carbocycles. The first-order chi connectivity index (χ1) is 11.5.